The molecule has 1 aromatic rings. The lowest BCUT2D eigenvalue weighted by Crippen LogP contribution is -2.13. The Morgan fingerprint density at radius 2 is 2.13 bits per heavy atom. The minimum absolute atomic E-state index is 0.147. The molecule has 0 heterocycles. The SMILES string of the molecule is CC(=O)O[C@H](C)C1=CCc2ccccc21. The van der Waals surface area contributed by atoms with Gasteiger partial charge in [-0.25, -0.2) is 0 Å². The van der Waals surface area contributed by atoms with Gasteiger partial charge in [-0.1, -0.05) is 30.3 Å². The Morgan fingerprint density at radius 1 is 1.40 bits per heavy atom. The number of carbonyl (C=O) groups excluding carboxylic acids is 1. The molecule has 0 saturated carbocycles. The van der Waals surface area contributed by atoms with Crippen molar-refractivity contribution in [2.75, 3.05) is 0 Å². The summed E-state index contributed by atoms with van der Waals surface area (Å²) in [5.74, 6) is -0.229. The predicted octanol–water partition coefficient (Wildman–Crippen LogP) is 2.58. The minimum atomic E-state index is -0.229. The molecule has 0 aromatic heterocycles. The highest BCUT2D eigenvalue weighted by atomic mass is 16.5. The molecule has 2 heteroatoms. The first kappa shape index (κ1) is 9.97. The third-order valence-electron chi connectivity index (χ3n) is 2.65. The Bertz CT molecular complexity index is 418. The average Bonchev–Trinajstić information content (AvgIpc) is 2.59. The van der Waals surface area contributed by atoms with Crippen LogP contribution < -0.4 is 0 Å². The van der Waals surface area contributed by atoms with Crippen LogP contribution in [0.4, 0.5) is 0 Å². The molecule has 0 spiro atoms. The summed E-state index contributed by atoms with van der Waals surface area (Å²) in [6, 6.07) is 8.23. The molecule has 0 fully saturated rings. The lowest BCUT2D eigenvalue weighted by atomic mass is 10.0. The van der Waals surface area contributed by atoms with Crippen LogP contribution in [0.2, 0.25) is 0 Å². The summed E-state index contributed by atoms with van der Waals surface area (Å²) in [6.45, 7) is 3.35. The maximum atomic E-state index is 10.9. The van der Waals surface area contributed by atoms with Crippen LogP contribution >= 0.6 is 0 Å². The van der Waals surface area contributed by atoms with Gasteiger partial charge in [-0.2, -0.15) is 0 Å². The normalized spacial score (nSPS) is 15.5. The number of fused-ring (bicyclic) bond motifs is 1. The van der Waals surface area contributed by atoms with E-state index in [0.717, 1.165) is 12.0 Å². The molecule has 1 atom stereocenters. The maximum absolute atomic E-state index is 10.9. The van der Waals surface area contributed by atoms with Crippen molar-refractivity contribution in [3.63, 3.8) is 0 Å². The first-order valence-electron chi connectivity index (χ1n) is 5.14. The maximum Gasteiger partial charge on any atom is 0.303 e. The predicted molar refractivity (Wildman–Crippen MR) is 59.4 cm³/mol. The number of rotatable bonds is 2. The van der Waals surface area contributed by atoms with Crippen molar-refractivity contribution in [2.24, 2.45) is 0 Å². The van der Waals surface area contributed by atoms with E-state index in [9.17, 15) is 4.79 Å². The smallest absolute Gasteiger partial charge is 0.303 e. The van der Waals surface area contributed by atoms with Crippen LogP contribution in [-0.2, 0) is 16.0 Å². The van der Waals surface area contributed by atoms with E-state index in [0.29, 0.717) is 0 Å². The molecular weight excluding hydrogens is 188 g/mol. The van der Waals surface area contributed by atoms with E-state index in [1.54, 1.807) is 0 Å². The fourth-order valence-corrected chi connectivity index (χ4v) is 2.01. The second kappa shape index (κ2) is 3.89. The van der Waals surface area contributed by atoms with E-state index in [-0.39, 0.29) is 12.1 Å². The minimum Gasteiger partial charge on any atom is -0.458 e. The molecule has 0 radical (unpaired) electrons. The van der Waals surface area contributed by atoms with Gasteiger partial charge in [-0.15, -0.1) is 0 Å². The molecule has 2 rings (SSSR count). The first-order chi connectivity index (χ1) is 7.18. The van der Waals surface area contributed by atoms with Crippen molar-refractivity contribution in [1.29, 1.82) is 0 Å². The second-order valence-electron chi connectivity index (χ2n) is 3.77. The quantitative estimate of drug-likeness (QED) is 0.689. The Labute approximate surface area is 89.6 Å². The second-order valence-corrected chi connectivity index (χ2v) is 3.77. The molecule has 78 valence electrons. The Balaban J connectivity index is 2.23. The van der Waals surface area contributed by atoms with Gasteiger partial charge in [0.15, 0.2) is 0 Å². The molecule has 0 unspecified atom stereocenters. The molecule has 0 N–H and O–H groups in total. The summed E-state index contributed by atoms with van der Waals surface area (Å²) >= 11 is 0. The summed E-state index contributed by atoms with van der Waals surface area (Å²) in [5.41, 5.74) is 3.65. The number of benzene rings is 1. The molecule has 0 aliphatic heterocycles. The van der Waals surface area contributed by atoms with Gasteiger partial charge in [-0.3, -0.25) is 4.79 Å². The van der Waals surface area contributed by atoms with Crippen molar-refractivity contribution in [3.05, 3.63) is 41.5 Å². The van der Waals surface area contributed by atoms with E-state index in [2.05, 4.69) is 18.2 Å². The Hall–Kier alpha value is -1.57. The average molecular weight is 202 g/mol. The standard InChI is InChI=1S/C13H14O2/c1-9(15-10(2)14)12-8-7-11-5-3-4-6-13(11)12/h3-6,8-9H,7H2,1-2H3/t9-/m1/s1. The number of carbonyl (C=O) groups is 1. The fraction of sp³-hybridized carbons (Fsp3) is 0.308. The van der Waals surface area contributed by atoms with Gasteiger partial charge >= 0.3 is 5.97 Å². The molecule has 2 nitrogen and oxygen atoms in total. The molecule has 15 heavy (non-hydrogen) atoms. The van der Waals surface area contributed by atoms with Crippen molar-refractivity contribution in [1.82, 2.24) is 0 Å². The Morgan fingerprint density at radius 3 is 2.87 bits per heavy atom. The first-order valence-corrected chi connectivity index (χ1v) is 5.14. The number of esters is 1. The zero-order valence-electron chi connectivity index (χ0n) is 8.99. The molecule has 0 saturated heterocycles. The van der Waals surface area contributed by atoms with Crippen LogP contribution in [0.15, 0.2) is 30.3 Å². The van der Waals surface area contributed by atoms with E-state index < -0.39 is 0 Å². The summed E-state index contributed by atoms with van der Waals surface area (Å²) in [7, 11) is 0. The molecule has 1 aromatic carbocycles. The van der Waals surface area contributed by atoms with E-state index >= 15 is 0 Å². The number of hydrogen-bond donors (Lipinski definition) is 0. The van der Waals surface area contributed by atoms with E-state index in [4.69, 9.17) is 4.74 Å². The van der Waals surface area contributed by atoms with E-state index in [1.807, 2.05) is 19.1 Å². The third kappa shape index (κ3) is 1.94. The van der Waals surface area contributed by atoms with Gasteiger partial charge in [0.2, 0.25) is 0 Å². The van der Waals surface area contributed by atoms with Gasteiger partial charge in [0.1, 0.15) is 6.10 Å². The van der Waals surface area contributed by atoms with Crippen LogP contribution in [0.5, 0.6) is 0 Å². The van der Waals surface area contributed by atoms with Gasteiger partial charge in [0.05, 0.1) is 0 Å². The molecular formula is C13H14O2. The van der Waals surface area contributed by atoms with Crippen molar-refractivity contribution in [2.45, 2.75) is 26.4 Å². The van der Waals surface area contributed by atoms with Gasteiger partial charge in [0, 0.05) is 6.92 Å². The topological polar surface area (TPSA) is 26.3 Å². The number of ether oxygens (including phenoxy) is 1. The summed E-state index contributed by atoms with van der Waals surface area (Å²) in [4.78, 5) is 10.9. The van der Waals surface area contributed by atoms with Crippen molar-refractivity contribution >= 4 is 11.5 Å². The molecule has 0 bridgehead atoms. The highest BCUT2D eigenvalue weighted by Gasteiger charge is 2.20. The van der Waals surface area contributed by atoms with Gasteiger partial charge < -0.3 is 4.74 Å². The lowest BCUT2D eigenvalue weighted by molar-refractivity contribution is -0.142. The fourth-order valence-electron chi connectivity index (χ4n) is 2.01. The highest BCUT2D eigenvalue weighted by molar-refractivity contribution is 5.77. The summed E-state index contributed by atoms with van der Waals surface area (Å²) in [5, 5.41) is 0. The zero-order valence-corrected chi connectivity index (χ0v) is 8.99. The van der Waals surface area contributed by atoms with Gasteiger partial charge in [0.25, 0.3) is 0 Å². The highest BCUT2D eigenvalue weighted by Crippen LogP contribution is 2.30. The van der Waals surface area contributed by atoms with Crippen LogP contribution in [0.1, 0.15) is 25.0 Å². The van der Waals surface area contributed by atoms with Crippen molar-refractivity contribution < 1.29 is 9.53 Å². The van der Waals surface area contributed by atoms with E-state index in [1.165, 1.54) is 18.1 Å². The van der Waals surface area contributed by atoms with Crippen LogP contribution in [-0.4, -0.2) is 12.1 Å². The number of hydrogen-bond acceptors (Lipinski definition) is 2. The zero-order chi connectivity index (χ0) is 10.8. The molecule has 0 amide bonds. The summed E-state index contributed by atoms with van der Waals surface area (Å²) < 4.78 is 5.18. The number of allylic oxidation sites excluding steroid dienone is 1. The molecule has 1 aliphatic rings. The Kier molecular flexibility index (Phi) is 2.58. The monoisotopic (exact) mass is 202 g/mol. The summed E-state index contributed by atoms with van der Waals surface area (Å²) in [6.07, 6.45) is 2.93. The van der Waals surface area contributed by atoms with Crippen molar-refractivity contribution in [3.8, 4) is 0 Å². The largest absolute Gasteiger partial charge is 0.458 e. The molecule has 1 aliphatic carbocycles. The van der Waals surface area contributed by atoms with Gasteiger partial charge in [-0.05, 0) is 30.0 Å². The van der Waals surface area contributed by atoms with Crippen LogP contribution in [0.3, 0.4) is 0 Å². The van der Waals surface area contributed by atoms with Crippen LogP contribution in [0.25, 0.3) is 5.57 Å². The van der Waals surface area contributed by atoms with Crippen LogP contribution in [0, 0.1) is 0 Å². The lowest BCUT2D eigenvalue weighted by Gasteiger charge is -2.14. The third-order valence-corrected chi connectivity index (χ3v) is 2.65.